The summed E-state index contributed by atoms with van der Waals surface area (Å²) in [6, 6.07) is 38.3. The second-order valence-electron chi connectivity index (χ2n) is 11.8. The minimum absolute atomic E-state index is 0.00721. The van der Waals surface area contributed by atoms with Crippen LogP contribution in [0.4, 0.5) is 0 Å². The van der Waals surface area contributed by atoms with Crippen LogP contribution in [0.1, 0.15) is 38.8 Å². The van der Waals surface area contributed by atoms with Gasteiger partial charge in [0.1, 0.15) is 0 Å². The maximum atomic E-state index is 2.44. The molecule has 0 unspecified atom stereocenters. The van der Waals surface area contributed by atoms with Gasteiger partial charge in [0, 0.05) is 42.0 Å². The standard InChI is InChI=1S/C36H29NS/c1-35(2)29-14-8-5-11-23(29)26-18-19-27-28-21-22(17-20-32(28)38-34(27)33(26)36(35,3)4)37-30-15-9-6-12-24(30)25-13-7-10-16-31(25)37/h5-21H,1-4H3. The highest BCUT2D eigenvalue weighted by atomic mass is 32.1. The van der Waals surface area contributed by atoms with E-state index in [1.54, 1.807) is 0 Å². The third kappa shape index (κ3) is 2.66. The average molecular weight is 508 g/mol. The van der Waals surface area contributed by atoms with Gasteiger partial charge in [-0.1, -0.05) is 100 Å². The number of hydrogen-bond donors (Lipinski definition) is 0. The summed E-state index contributed by atoms with van der Waals surface area (Å²) >= 11 is 1.96. The predicted molar refractivity (Wildman–Crippen MR) is 165 cm³/mol. The fraction of sp³-hybridized carbons (Fsp3) is 0.167. The number of nitrogens with zero attached hydrogens (tertiary/aromatic N) is 1. The molecule has 1 aliphatic carbocycles. The summed E-state index contributed by atoms with van der Waals surface area (Å²) in [5, 5.41) is 5.32. The van der Waals surface area contributed by atoms with Gasteiger partial charge >= 0.3 is 0 Å². The molecule has 38 heavy (non-hydrogen) atoms. The van der Waals surface area contributed by atoms with E-state index in [9.17, 15) is 0 Å². The topological polar surface area (TPSA) is 4.93 Å². The number of hydrogen-bond acceptors (Lipinski definition) is 1. The Morgan fingerprint density at radius 3 is 1.95 bits per heavy atom. The first-order valence-corrected chi connectivity index (χ1v) is 14.3. The molecular formula is C36H29NS. The summed E-state index contributed by atoms with van der Waals surface area (Å²) in [7, 11) is 0. The fourth-order valence-corrected chi connectivity index (χ4v) is 8.32. The molecule has 0 radical (unpaired) electrons. The third-order valence-corrected chi connectivity index (χ3v) is 10.7. The number of thiophene rings is 1. The van der Waals surface area contributed by atoms with Crippen LogP contribution in [0.3, 0.4) is 0 Å². The summed E-state index contributed by atoms with van der Waals surface area (Å²) in [4.78, 5) is 0. The van der Waals surface area contributed by atoms with Gasteiger partial charge in [-0.25, -0.2) is 0 Å². The van der Waals surface area contributed by atoms with Crippen molar-refractivity contribution in [3.05, 3.63) is 114 Å². The summed E-state index contributed by atoms with van der Waals surface area (Å²) in [5.74, 6) is 0. The van der Waals surface area contributed by atoms with Gasteiger partial charge in [0.2, 0.25) is 0 Å². The van der Waals surface area contributed by atoms with Crippen molar-refractivity contribution in [3.63, 3.8) is 0 Å². The van der Waals surface area contributed by atoms with E-state index in [0.29, 0.717) is 0 Å². The molecule has 0 aliphatic heterocycles. The van der Waals surface area contributed by atoms with E-state index in [1.807, 2.05) is 11.3 Å². The van der Waals surface area contributed by atoms with Crippen molar-refractivity contribution in [2.75, 3.05) is 0 Å². The van der Waals surface area contributed by atoms with Crippen molar-refractivity contribution >= 4 is 53.3 Å². The first-order valence-electron chi connectivity index (χ1n) is 13.5. The normalized spacial score (nSPS) is 15.8. The largest absolute Gasteiger partial charge is 0.309 e. The van der Waals surface area contributed by atoms with Crippen molar-refractivity contribution in [1.29, 1.82) is 0 Å². The molecule has 2 heteroatoms. The van der Waals surface area contributed by atoms with Gasteiger partial charge < -0.3 is 4.57 Å². The summed E-state index contributed by atoms with van der Waals surface area (Å²) < 4.78 is 5.21. The van der Waals surface area contributed by atoms with Crippen molar-refractivity contribution < 1.29 is 0 Å². The van der Waals surface area contributed by atoms with Crippen LogP contribution in [0.15, 0.2) is 103 Å². The van der Waals surface area contributed by atoms with Gasteiger partial charge in [0.15, 0.2) is 0 Å². The second-order valence-corrected chi connectivity index (χ2v) is 12.9. The SMILES string of the molecule is CC1(C)c2ccccc2-c2ccc3c(sc4ccc(-n5c6ccccc6c6ccccc65)cc43)c2C1(C)C. The molecule has 2 aromatic heterocycles. The monoisotopic (exact) mass is 507 g/mol. The van der Waals surface area contributed by atoms with E-state index in [4.69, 9.17) is 0 Å². The van der Waals surface area contributed by atoms with E-state index >= 15 is 0 Å². The zero-order valence-corrected chi connectivity index (χ0v) is 23.0. The molecule has 1 nitrogen and oxygen atoms in total. The molecule has 0 bridgehead atoms. The van der Waals surface area contributed by atoms with Gasteiger partial charge in [-0.2, -0.15) is 0 Å². The van der Waals surface area contributed by atoms with Crippen molar-refractivity contribution in [3.8, 4) is 16.8 Å². The molecule has 2 heterocycles. The number of para-hydroxylation sites is 2. The Hall–Kier alpha value is -3.88. The van der Waals surface area contributed by atoms with Crippen molar-refractivity contribution in [1.82, 2.24) is 4.57 Å². The zero-order valence-electron chi connectivity index (χ0n) is 22.2. The molecule has 5 aromatic carbocycles. The van der Waals surface area contributed by atoms with E-state index in [-0.39, 0.29) is 10.8 Å². The number of fused-ring (bicyclic) bond motifs is 10. The molecule has 0 N–H and O–H groups in total. The molecule has 184 valence electrons. The second kappa shape index (κ2) is 7.36. The average Bonchev–Trinajstić information content (AvgIpc) is 3.47. The molecule has 1 aliphatic rings. The van der Waals surface area contributed by atoms with E-state index in [1.165, 1.54) is 69.9 Å². The number of aromatic nitrogens is 1. The molecule has 8 rings (SSSR count). The quantitative estimate of drug-likeness (QED) is 0.208. The van der Waals surface area contributed by atoms with Gasteiger partial charge in [0.05, 0.1) is 11.0 Å². The zero-order chi connectivity index (χ0) is 25.8. The lowest BCUT2D eigenvalue weighted by molar-refractivity contribution is 0.301. The Kier molecular flexibility index (Phi) is 4.29. The van der Waals surface area contributed by atoms with Crippen LogP contribution in [-0.4, -0.2) is 4.57 Å². The van der Waals surface area contributed by atoms with Gasteiger partial charge in [-0.3, -0.25) is 0 Å². The summed E-state index contributed by atoms with van der Waals surface area (Å²) in [6.45, 7) is 9.72. The Morgan fingerprint density at radius 1 is 0.553 bits per heavy atom. The van der Waals surface area contributed by atoms with Crippen LogP contribution in [0, 0.1) is 0 Å². The molecule has 0 spiro atoms. The Bertz CT molecular complexity index is 2030. The lowest BCUT2D eigenvalue weighted by Gasteiger charge is -2.48. The Balaban J connectivity index is 1.44. The summed E-state index contributed by atoms with van der Waals surface area (Å²) in [5.41, 5.74) is 9.47. The van der Waals surface area contributed by atoms with Crippen LogP contribution in [0.25, 0.3) is 58.8 Å². The minimum atomic E-state index is -0.00721. The molecule has 0 fully saturated rings. The van der Waals surface area contributed by atoms with Crippen molar-refractivity contribution in [2.24, 2.45) is 0 Å². The van der Waals surface area contributed by atoms with Crippen LogP contribution in [-0.2, 0) is 10.8 Å². The first-order chi connectivity index (χ1) is 18.4. The van der Waals surface area contributed by atoms with Crippen LogP contribution in [0.5, 0.6) is 0 Å². The predicted octanol–water partition coefficient (Wildman–Crippen LogP) is 10.4. The van der Waals surface area contributed by atoms with Crippen LogP contribution >= 0.6 is 11.3 Å². The number of rotatable bonds is 1. The molecule has 0 saturated carbocycles. The molecule has 0 amide bonds. The first kappa shape index (κ1) is 22.1. The smallest absolute Gasteiger partial charge is 0.0541 e. The van der Waals surface area contributed by atoms with E-state index in [2.05, 4.69) is 135 Å². The number of benzene rings is 5. The summed E-state index contributed by atoms with van der Waals surface area (Å²) in [6.07, 6.45) is 0. The maximum absolute atomic E-state index is 2.44. The van der Waals surface area contributed by atoms with E-state index in [0.717, 1.165) is 0 Å². The molecule has 0 saturated heterocycles. The molecule has 0 atom stereocenters. The highest BCUT2D eigenvalue weighted by Gasteiger charge is 2.46. The maximum Gasteiger partial charge on any atom is 0.0541 e. The van der Waals surface area contributed by atoms with Gasteiger partial charge in [-0.15, -0.1) is 11.3 Å². The Labute approximate surface area is 227 Å². The lowest BCUT2D eigenvalue weighted by atomic mass is 9.55. The fourth-order valence-electron chi connectivity index (χ4n) is 6.93. The molecule has 7 aromatic rings. The Morgan fingerprint density at radius 2 is 1.21 bits per heavy atom. The third-order valence-electron chi connectivity index (χ3n) is 9.54. The van der Waals surface area contributed by atoms with Crippen LogP contribution < -0.4 is 0 Å². The highest BCUT2D eigenvalue weighted by Crippen LogP contribution is 2.57. The van der Waals surface area contributed by atoms with Gasteiger partial charge in [0.25, 0.3) is 0 Å². The minimum Gasteiger partial charge on any atom is -0.309 e. The van der Waals surface area contributed by atoms with E-state index < -0.39 is 0 Å². The van der Waals surface area contributed by atoms with Crippen molar-refractivity contribution in [2.45, 2.75) is 38.5 Å². The molecular weight excluding hydrogens is 478 g/mol. The van der Waals surface area contributed by atoms with Crippen LogP contribution in [0.2, 0.25) is 0 Å². The van der Waals surface area contributed by atoms with Gasteiger partial charge in [-0.05, 0) is 58.0 Å². The highest BCUT2D eigenvalue weighted by molar-refractivity contribution is 7.26. The lowest BCUT2D eigenvalue weighted by Crippen LogP contribution is -2.43.